The van der Waals surface area contributed by atoms with Gasteiger partial charge >= 0.3 is 0 Å². The smallest absolute Gasteiger partial charge is 0.246 e. The first kappa shape index (κ1) is 75.2. The number of carbonyl (C=O) groups excluding carboxylic acids is 5. The second-order valence-corrected chi connectivity index (χ2v) is 31.5. The van der Waals surface area contributed by atoms with Gasteiger partial charge in [-0.2, -0.15) is 0 Å². The van der Waals surface area contributed by atoms with E-state index in [9.17, 15) is 29.1 Å². The largest absolute Gasteiger partial charge is 0.391 e. The number of β-amino-alcohol motifs (C(OH)–C–C–N with tert-alkyl or cyclic N) is 1. The number of nitrogens with zero attached hydrogens (tertiary/aromatic N) is 10. The van der Waals surface area contributed by atoms with Gasteiger partial charge < -0.3 is 50.2 Å². The van der Waals surface area contributed by atoms with Crippen molar-refractivity contribution < 1.29 is 48.0 Å². The van der Waals surface area contributed by atoms with Crippen molar-refractivity contribution >= 4 is 98.2 Å². The van der Waals surface area contributed by atoms with E-state index in [2.05, 4.69) is 74.3 Å². The molecule has 102 heavy (non-hydrogen) atoms. The topological polar surface area (TPSA) is 293 Å². The van der Waals surface area contributed by atoms with Crippen LogP contribution < -0.4 is 21.3 Å². The van der Waals surface area contributed by atoms with Gasteiger partial charge in [0.05, 0.1) is 92.7 Å². The molecule has 11 rings (SSSR count). The highest BCUT2D eigenvalue weighted by Gasteiger charge is 2.45. The second-order valence-electron chi connectivity index (χ2n) is 27.4. The molecule has 5 aromatic heterocycles. The highest BCUT2D eigenvalue weighted by atomic mass is 35.5. The number of carbonyl (C=O) groups is 5. The SMILES string of the molecule is Cc1ncsc1-c1ccc(CNC(=O)[C@@H]2C[C@@H](O)CN2C(=O)[C@@H](NC(=O)COCCOCC(C)(COCCNC(=O)C[C@@H]2N=C(c3ccc(Cl)cc3)c3c(sc(C)c3C)-n3c(C)nnc32)COCCNC(=O)C[C@H]2N=C(c3ccc(Cl)cc3)c3c(sc(C)c3C)-n3c(C)nnc32)C(C)(C)C)cc1. The van der Waals surface area contributed by atoms with Crippen molar-refractivity contribution in [3.8, 4) is 20.4 Å². The second kappa shape index (κ2) is 32.8. The van der Waals surface area contributed by atoms with Gasteiger partial charge in [-0.3, -0.25) is 43.1 Å². The zero-order valence-electron chi connectivity index (χ0n) is 59.1. The van der Waals surface area contributed by atoms with Crippen molar-refractivity contribution in [3.05, 3.63) is 166 Å². The van der Waals surface area contributed by atoms with Crippen molar-refractivity contribution in [1.82, 2.24) is 60.7 Å². The van der Waals surface area contributed by atoms with E-state index in [0.29, 0.717) is 33.3 Å². The highest BCUT2D eigenvalue weighted by Crippen LogP contribution is 2.42. The lowest BCUT2D eigenvalue weighted by Gasteiger charge is -2.35. The van der Waals surface area contributed by atoms with Crippen molar-refractivity contribution in [2.45, 2.75) is 132 Å². The summed E-state index contributed by atoms with van der Waals surface area (Å²) in [5, 5.41) is 43.6. The van der Waals surface area contributed by atoms with Gasteiger partial charge in [0.25, 0.3) is 0 Å². The molecular formula is C73H86Cl2N14O10S3. The van der Waals surface area contributed by atoms with Gasteiger partial charge in [-0.1, -0.05) is 99.4 Å². The Morgan fingerprint density at radius 1 is 0.618 bits per heavy atom. The van der Waals surface area contributed by atoms with Crippen LogP contribution >= 0.6 is 57.2 Å². The summed E-state index contributed by atoms with van der Waals surface area (Å²) in [7, 11) is 0. The number of amides is 5. The van der Waals surface area contributed by atoms with E-state index >= 15 is 0 Å². The lowest BCUT2D eigenvalue weighted by molar-refractivity contribution is -0.144. The molecule has 0 bridgehead atoms. The van der Waals surface area contributed by atoms with Crippen LogP contribution in [0.2, 0.25) is 10.0 Å². The third-order valence-corrected chi connectivity index (χ3v) is 22.1. The van der Waals surface area contributed by atoms with Gasteiger partial charge in [-0.05, 0) is 100 Å². The number of aliphatic imine (C=N–C) groups is 2. The fourth-order valence-corrected chi connectivity index (χ4v) is 16.1. The normalized spacial score (nSPS) is 17.3. The van der Waals surface area contributed by atoms with E-state index in [0.717, 1.165) is 86.3 Å². The number of halogens is 2. The zero-order chi connectivity index (χ0) is 72.7. The summed E-state index contributed by atoms with van der Waals surface area (Å²) in [5.74, 6) is 0.503. The van der Waals surface area contributed by atoms with Crippen LogP contribution in [0.5, 0.6) is 0 Å². The van der Waals surface area contributed by atoms with Gasteiger partial charge in [-0.25, -0.2) is 4.98 Å². The van der Waals surface area contributed by atoms with Gasteiger partial charge in [0, 0.05) is 80.1 Å². The number of benzene rings is 3. The van der Waals surface area contributed by atoms with E-state index in [4.69, 9.17) is 52.1 Å². The maximum atomic E-state index is 14.3. The standard InChI is InChI=1S/C73H86Cl2N14O10S3/c1-40-43(4)101-70-60(40)62(48-16-20-51(74)21-17-48)80-54(66-85-83-45(6)88(66)70)31-57(91)76-24-26-97-36-73(11,37-98-27-25-77-58(92)32-55-67-86-84-46(7)89(67)71-61(41(2)44(5)102-71)63(81-55)49-18-22-52(75)23-19-49)38-99-29-28-96-35-59(93)82-65(72(8,9)10)69(95)87-34-53(90)30-56(87)68(94)78-33-47-12-14-50(15-13-47)64-42(3)79-39-100-64/h12-23,39,53-56,65,90H,24-38H2,1-11H3,(H,76,91)(H,77,92)(H,78,94)(H,82,93)/t53-,54-,55+,56+,65-,73?/m1/s1. The summed E-state index contributed by atoms with van der Waals surface area (Å²) >= 11 is 17.5. The molecule has 0 spiro atoms. The van der Waals surface area contributed by atoms with Crippen LogP contribution in [-0.2, 0) is 49.5 Å². The first-order valence-corrected chi connectivity index (χ1v) is 37.1. The molecule has 1 unspecified atom stereocenters. The lowest BCUT2D eigenvalue weighted by Crippen LogP contribution is -2.58. The molecule has 5 amide bonds. The third-order valence-electron chi connectivity index (χ3n) is 18.3. The first-order valence-electron chi connectivity index (χ1n) is 33.9. The van der Waals surface area contributed by atoms with Crippen molar-refractivity contribution in [2.24, 2.45) is 20.8 Å². The number of nitrogens with one attached hydrogen (secondary N) is 4. The molecule has 8 aromatic rings. The number of hydrogen-bond donors (Lipinski definition) is 5. The maximum absolute atomic E-state index is 14.3. The molecule has 0 aliphatic carbocycles. The summed E-state index contributed by atoms with van der Waals surface area (Å²) in [5.41, 5.74) is 10.4. The van der Waals surface area contributed by atoms with E-state index in [1.807, 2.05) is 130 Å². The number of aliphatic hydroxyl groups excluding tert-OH is 1. The number of aryl methyl sites for hydroxylation is 5. The van der Waals surface area contributed by atoms with E-state index in [-0.39, 0.29) is 104 Å². The maximum Gasteiger partial charge on any atom is 0.246 e. The average molecular weight is 1490 g/mol. The Morgan fingerprint density at radius 2 is 1.10 bits per heavy atom. The van der Waals surface area contributed by atoms with Crippen molar-refractivity contribution in [2.75, 3.05) is 72.5 Å². The Bertz CT molecular complexity index is 4240. The molecule has 29 heteroatoms. The van der Waals surface area contributed by atoms with E-state index in [1.54, 1.807) is 39.5 Å². The van der Waals surface area contributed by atoms with E-state index < -0.39 is 65.4 Å². The molecule has 3 aromatic carbocycles. The highest BCUT2D eigenvalue weighted by molar-refractivity contribution is 7.15. The molecule has 3 aliphatic rings. The Kier molecular flexibility index (Phi) is 24.2. The zero-order valence-corrected chi connectivity index (χ0v) is 63.0. The summed E-state index contributed by atoms with van der Waals surface area (Å²) in [4.78, 5) is 89.0. The van der Waals surface area contributed by atoms with Crippen LogP contribution in [0.25, 0.3) is 20.4 Å². The quantitative estimate of drug-likeness (QED) is 0.0273. The number of thiazole rings is 1. The molecule has 8 heterocycles. The summed E-state index contributed by atoms with van der Waals surface area (Å²) < 4.78 is 28.5. The molecule has 0 saturated carbocycles. The number of thiophene rings is 2. The predicted octanol–water partition coefficient (Wildman–Crippen LogP) is 9.94. The number of ether oxygens (including phenoxy) is 4. The number of hydrogen-bond acceptors (Lipinski definition) is 20. The molecular weight excluding hydrogens is 1400 g/mol. The van der Waals surface area contributed by atoms with Crippen LogP contribution in [-0.4, -0.2) is 176 Å². The van der Waals surface area contributed by atoms with Gasteiger partial charge in [0.15, 0.2) is 11.6 Å². The Morgan fingerprint density at radius 3 is 1.58 bits per heavy atom. The van der Waals surface area contributed by atoms with E-state index in [1.165, 1.54) is 4.90 Å². The van der Waals surface area contributed by atoms with Crippen LogP contribution in [0.4, 0.5) is 0 Å². The number of fused-ring (bicyclic) bond motifs is 6. The predicted molar refractivity (Wildman–Crippen MR) is 395 cm³/mol. The molecule has 540 valence electrons. The fourth-order valence-electron chi connectivity index (χ4n) is 12.6. The molecule has 24 nitrogen and oxygen atoms in total. The van der Waals surface area contributed by atoms with Crippen molar-refractivity contribution in [3.63, 3.8) is 0 Å². The minimum atomic E-state index is -1.06. The third kappa shape index (κ3) is 17.5. The number of likely N-dealkylation sites (tertiary alicyclic amines) is 1. The number of aliphatic hydroxyl groups is 1. The minimum absolute atomic E-state index is 0.0107. The molecule has 6 atom stereocenters. The van der Waals surface area contributed by atoms with Gasteiger partial charge in [0.2, 0.25) is 29.5 Å². The van der Waals surface area contributed by atoms with Crippen LogP contribution in [0.3, 0.4) is 0 Å². The molecule has 3 aliphatic heterocycles. The van der Waals surface area contributed by atoms with Gasteiger partial charge in [-0.15, -0.1) is 54.4 Å². The summed E-state index contributed by atoms with van der Waals surface area (Å²) in [6, 6.07) is 19.5. The summed E-state index contributed by atoms with van der Waals surface area (Å²) in [6.45, 7) is 22.3. The minimum Gasteiger partial charge on any atom is -0.391 e. The summed E-state index contributed by atoms with van der Waals surface area (Å²) in [6.07, 6.45) is -0.908. The van der Waals surface area contributed by atoms with Gasteiger partial charge in [0.1, 0.15) is 52.4 Å². The van der Waals surface area contributed by atoms with Crippen molar-refractivity contribution in [1.29, 1.82) is 0 Å². The number of aromatic nitrogens is 7. The monoisotopic (exact) mass is 1480 g/mol. The first-order chi connectivity index (χ1) is 48.7. The Balaban J connectivity index is 0.693. The lowest BCUT2D eigenvalue weighted by atomic mass is 9.85. The van der Waals surface area contributed by atoms with Crippen LogP contribution in [0, 0.1) is 59.3 Å². The van der Waals surface area contributed by atoms with Crippen LogP contribution in [0.1, 0.15) is 137 Å². The average Bonchev–Trinajstić information content (AvgIpc) is 1.60. The van der Waals surface area contributed by atoms with Crippen LogP contribution in [0.15, 0.2) is 88.3 Å². The Hall–Kier alpha value is -7.96. The molecule has 5 N–H and O–H groups in total. The fraction of sp³-hybridized carbons (Fsp3) is 0.452. The molecule has 1 saturated heterocycles. The molecule has 1 fully saturated rings. The Labute approximate surface area is 615 Å². The number of rotatable bonds is 29. The molecule has 0 radical (unpaired) electrons.